The maximum atomic E-state index is 12.2. The molecule has 0 atom stereocenters. The van der Waals surface area contributed by atoms with Crippen LogP contribution in [0.2, 0.25) is 0 Å². The molecule has 0 unspecified atom stereocenters. The topological polar surface area (TPSA) is 134 Å². The number of amides is 2. The van der Waals surface area contributed by atoms with Crippen molar-refractivity contribution < 1.29 is 34.1 Å². The van der Waals surface area contributed by atoms with Crippen molar-refractivity contribution in [1.82, 2.24) is 9.88 Å². The van der Waals surface area contributed by atoms with Crippen LogP contribution in [0, 0.1) is 0 Å². The van der Waals surface area contributed by atoms with E-state index in [-0.39, 0.29) is 36.6 Å². The molecule has 0 saturated heterocycles. The van der Waals surface area contributed by atoms with E-state index in [0.29, 0.717) is 11.1 Å². The first kappa shape index (κ1) is 18.2. The van der Waals surface area contributed by atoms with E-state index < -0.39 is 23.8 Å². The van der Waals surface area contributed by atoms with Crippen LogP contribution in [0.25, 0.3) is 0 Å². The van der Waals surface area contributed by atoms with E-state index in [2.05, 4.69) is 4.98 Å². The number of carboxylic acid groups (broad SMARTS) is 2. The van der Waals surface area contributed by atoms with Crippen LogP contribution in [-0.4, -0.2) is 57.0 Å². The van der Waals surface area contributed by atoms with Gasteiger partial charge in [0.2, 0.25) is 0 Å². The second-order valence-corrected chi connectivity index (χ2v) is 5.69. The predicted octanol–water partition coefficient (Wildman–Crippen LogP) is 1.29. The third kappa shape index (κ3) is 3.53. The van der Waals surface area contributed by atoms with Gasteiger partial charge in [-0.3, -0.25) is 19.5 Å². The first-order valence-electron chi connectivity index (χ1n) is 7.88. The van der Waals surface area contributed by atoms with Crippen LogP contribution in [0.5, 0.6) is 0 Å². The van der Waals surface area contributed by atoms with Gasteiger partial charge in [-0.1, -0.05) is 12.1 Å². The molecule has 1 aromatic heterocycles. The number of aromatic nitrogens is 1. The number of pyridine rings is 1. The fourth-order valence-corrected chi connectivity index (χ4v) is 2.68. The lowest BCUT2D eigenvalue weighted by Crippen LogP contribution is -2.33. The molecule has 2 aromatic rings. The van der Waals surface area contributed by atoms with Gasteiger partial charge in [-0.25, -0.2) is 9.59 Å². The Morgan fingerprint density at radius 2 is 1.67 bits per heavy atom. The summed E-state index contributed by atoms with van der Waals surface area (Å²) in [5.74, 6) is -3.43. The fourth-order valence-electron chi connectivity index (χ4n) is 2.68. The molecular weight excluding hydrogens is 356 g/mol. The predicted molar refractivity (Wildman–Crippen MR) is 89.6 cm³/mol. The molecule has 0 bridgehead atoms. The van der Waals surface area contributed by atoms with Crippen molar-refractivity contribution in [3.05, 3.63) is 64.5 Å². The third-order valence-electron chi connectivity index (χ3n) is 4.02. The Morgan fingerprint density at radius 3 is 2.22 bits per heavy atom. The summed E-state index contributed by atoms with van der Waals surface area (Å²) >= 11 is 0. The molecule has 0 spiro atoms. The van der Waals surface area contributed by atoms with Crippen LogP contribution in [0.1, 0.15) is 47.1 Å². The molecule has 0 saturated carbocycles. The first-order chi connectivity index (χ1) is 12.9. The third-order valence-corrected chi connectivity index (χ3v) is 4.02. The summed E-state index contributed by atoms with van der Waals surface area (Å²) < 4.78 is 5.35. The molecule has 0 fully saturated rings. The maximum absolute atomic E-state index is 12.2. The number of ether oxygens (including phenoxy) is 1. The van der Waals surface area contributed by atoms with Gasteiger partial charge in [-0.15, -0.1) is 0 Å². The standard InChI is InChI=1S/C18H14N2O7/c21-15-11-3-1-2-4-12(11)16(22)20(15)5-6-27-9-14-13(18(25)26)7-10(8-19-14)17(23)24/h1-4,7-8H,5-6,9H2,(H,23,24)(H,25,26). The Morgan fingerprint density at radius 1 is 1.04 bits per heavy atom. The highest BCUT2D eigenvalue weighted by atomic mass is 16.5. The van der Waals surface area contributed by atoms with Gasteiger partial charge in [-0.05, 0) is 18.2 Å². The Hall–Kier alpha value is -3.59. The fraction of sp³-hybridized carbons (Fsp3) is 0.167. The number of nitrogens with zero attached hydrogens (tertiary/aromatic N) is 2. The second-order valence-electron chi connectivity index (χ2n) is 5.69. The average Bonchev–Trinajstić information content (AvgIpc) is 2.90. The largest absolute Gasteiger partial charge is 0.478 e. The van der Waals surface area contributed by atoms with Gasteiger partial charge in [-0.2, -0.15) is 0 Å². The second kappa shape index (κ2) is 7.34. The highest BCUT2D eigenvalue weighted by Gasteiger charge is 2.34. The van der Waals surface area contributed by atoms with Crippen molar-refractivity contribution in [2.45, 2.75) is 6.61 Å². The minimum absolute atomic E-state index is 0.00195. The highest BCUT2D eigenvalue weighted by molar-refractivity contribution is 6.21. The number of imide groups is 1. The van der Waals surface area contributed by atoms with Gasteiger partial charge in [0.05, 0.1) is 47.7 Å². The van der Waals surface area contributed by atoms with E-state index in [0.717, 1.165) is 17.2 Å². The van der Waals surface area contributed by atoms with E-state index in [9.17, 15) is 24.3 Å². The molecule has 1 aliphatic heterocycles. The Balaban J connectivity index is 1.61. The highest BCUT2D eigenvalue weighted by Crippen LogP contribution is 2.22. The van der Waals surface area contributed by atoms with E-state index in [1.165, 1.54) is 0 Å². The molecule has 1 aromatic carbocycles. The molecule has 9 heteroatoms. The molecule has 2 heterocycles. The minimum atomic E-state index is -1.33. The summed E-state index contributed by atoms with van der Waals surface area (Å²) in [5, 5.41) is 18.1. The van der Waals surface area contributed by atoms with Crippen LogP contribution < -0.4 is 0 Å². The number of hydrogen-bond acceptors (Lipinski definition) is 6. The van der Waals surface area contributed by atoms with Crippen LogP contribution >= 0.6 is 0 Å². The summed E-state index contributed by atoms with van der Waals surface area (Å²) in [6.45, 7) is -0.223. The zero-order valence-corrected chi connectivity index (χ0v) is 13.9. The Kier molecular flexibility index (Phi) is 4.95. The van der Waals surface area contributed by atoms with Gasteiger partial charge in [0, 0.05) is 6.20 Å². The summed E-state index contributed by atoms with van der Waals surface area (Å²) in [7, 11) is 0. The van der Waals surface area contributed by atoms with Crippen molar-refractivity contribution in [1.29, 1.82) is 0 Å². The lowest BCUT2D eigenvalue weighted by Gasteiger charge is -2.14. The van der Waals surface area contributed by atoms with Gasteiger partial charge >= 0.3 is 11.9 Å². The number of aromatic carboxylic acids is 2. The smallest absolute Gasteiger partial charge is 0.337 e. The zero-order valence-electron chi connectivity index (χ0n) is 13.9. The van der Waals surface area contributed by atoms with Gasteiger partial charge in [0.15, 0.2) is 0 Å². The number of fused-ring (bicyclic) bond motifs is 1. The van der Waals surface area contributed by atoms with E-state index in [4.69, 9.17) is 9.84 Å². The SMILES string of the molecule is O=C(O)c1cnc(COCCN2C(=O)c3ccccc3C2=O)c(C(=O)O)c1. The summed E-state index contributed by atoms with van der Waals surface area (Å²) in [6, 6.07) is 7.49. The number of carbonyl (C=O) groups is 4. The number of benzene rings is 1. The molecular formula is C18H14N2O7. The molecule has 27 heavy (non-hydrogen) atoms. The molecule has 9 nitrogen and oxygen atoms in total. The normalized spacial score (nSPS) is 13.0. The first-order valence-corrected chi connectivity index (χ1v) is 7.88. The quantitative estimate of drug-likeness (QED) is 0.550. The van der Waals surface area contributed by atoms with Crippen molar-refractivity contribution in [2.75, 3.05) is 13.2 Å². The molecule has 2 amide bonds. The monoisotopic (exact) mass is 370 g/mol. The minimum Gasteiger partial charge on any atom is -0.478 e. The number of carboxylic acids is 2. The van der Waals surface area contributed by atoms with Crippen molar-refractivity contribution >= 4 is 23.8 Å². The number of hydrogen-bond donors (Lipinski definition) is 2. The summed E-state index contributed by atoms with van der Waals surface area (Å²) in [4.78, 5) is 51.5. The molecule has 1 aliphatic rings. The van der Waals surface area contributed by atoms with E-state index >= 15 is 0 Å². The van der Waals surface area contributed by atoms with E-state index in [1.807, 2.05) is 0 Å². The number of carbonyl (C=O) groups excluding carboxylic acids is 2. The molecule has 3 rings (SSSR count). The van der Waals surface area contributed by atoms with Crippen molar-refractivity contribution in [3.8, 4) is 0 Å². The summed E-state index contributed by atoms with van der Waals surface area (Å²) in [5.41, 5.74) is 0.191. The molecule has 138 valence electrons. The van der Waals surface area contributed by atoms with Crippen LogP contribution in [-0.2, 0) is 11.3 Å². The maximum Gasteiger partial charge on any atom is 0.337 e. The van der Waals surface area contributed by atoms with Gasteiger partial charge in [0.25, 0.3) is 11.8 Å². The van der Waals surface area contributed by atoms with Gasteiger partial charge in [0.1, 0.15) is 0 Å². The Labute approximate surface area is 152 Å². The zero-order chi connectivity index (χ0) is 19.6. The van der Waals surface area contributed by atoms with Crippen LogP contribution in [0.4, 0.5) is 0 Å². The lowest BCUT2D eigenvalue weighted by molar-refractivity contribution is 0.0540. The van der Waals surface area contributed by atoms with Gasteiger partial charge < -0.3 is 14.9 Å². The van der Waals surface area contributed by atoms with Crippen LogP contribution in [0.15, 0.2) is 36.5 Å². The van der Waals surface area contributed by atoms with Crippen LogP contribution in [0.3, 0.4) is 0 Å². The van der Waals surface area contributed by atoms with Crippen molar-refractivity contribution in [3.63, 3.8) is 0 Å². The molecule has 2 N–H and O–H groups in total. The number of rotatable bonds is 7. The summed E-state index contributed by atoms with van der Waals surface area (Å²) in [6.07, 6.45) is 1.04. The molecule has 0 radical (unpaired) electrons. The lowest BCUT2D eigenvalue weighted by atomic mass is 10.1. The molecule has 0 aliphatic carbocycles. The Bertz CT molecular complexity index is 919. The average molecular weight is 370 g/mol. The van der Waals surface area contributed by atoms with Crippen molar-refractivity contribution in [2.24, 2.45) is 0 Å². The van der Waals surface area contributed by atoms with E-state index in [1.54, 1.807) is 24.3 Å².